The van der Waals surface area contributed by atoms with Gasteiger partial charge in [-0.3, -0.25) is 14.4 Å². The maximum absolute atomic E-state index is 13.8. The molecular formula is C28H42ClN5O4S. The zero-order chi connectivity index (χ0) is 27.5. The summed E-state index contributed by atoms with van der Waals surface area (Å²) in [4.78, 5) is 43.5. The number of halogens is 1. The Balaban J connectivity index is 0.00000533. The number of carbonyl (C=O) groups excluding carboxylic acids is 3. The van der Waals surface area contributed by atoms with E-state index < -0.39 is 17.5 Å². The van der Waals surface area contributed by atoms with Crippen LogP contribution in [0.5, 0.6) is 0 Å². The van der Waals surface area contributed by atoms with E-state index in [1.165, 1.54) is 16.7 Å². The Morgan fingerprint density at radius 1 is 1.10 bits per heavy atom. The average molecular weight is 580 g/mol. The van der Waals surface area contributed by atoms with Crippen LogP contribution in [0.15, 0.2) is 40.0 Å². The van der Waals surface area contributed by atoms with Crippen molar-refractivity contribution in [2.24, 2.45) is 5.92 Å². The van der Waals surface area contributed by atoms with E-state index in [0.29, 0.717) is 36.5 Å². The van der Waals surface area contributed by atoms with Crippen molar-refractivity contribution in [3.63, 3.8) is 0 Å². The monoisotopic (exact) mass is 579 g/mol. The molecule has 2 amide bonds. The maximum atomic E-state index is 13.8. The molecule has 1 aliphatic rings. The lowest BCUT2D eigenvalue weighted by Gasteiger charge is -2.48. The van der Waals surface area contributed by atoms with Gasteiger partial charge in [0, 0.05) is 17.9 Å². The van der Waals surface area contributed by atoms with Gasteiger partial charge >= 0.3 is 0 Å². The van der Waals surface area contributed by atoms with Crippen LogP contribution < -0.4 is 5.32 Å². The first-order valence-electron chi connectivity index (χ1n) is 13.7. The molecule has 39 heavy (non-hydrogen) atoms. The Hall–Kier alpha value is -2.43. The average Bonchev–Trinajstić information content (AvgIpc) is 3.40. The first kappa shape index (κ1) is 32.8. The molecule has 1 heterocycles. The molecule has 1 aliphatic carbocycles. The third-order valence-corrected chi connectivity index (χ3v) is 7.95. The van der Waals surface area contributed by atoms with Crippen molar-refractivity contribution >= 4 is 42.3 Å². The smallest absolute Gasteiger partial charge is 0.286 e. The SMILES string of the molecule is CCN(CC)CCSc1nnc(C(=O)C(CC(C)C)N(C=O)C2(NC(=O)c3ccccc3)CCCCC2)o1.Cl. The molecule has 2 aromatic rings. The number of Topliss-reactive ketones (excluding diaryl/α,β-unsaturated/α-hetero) is 1. The fourth-order valence-electron chi connectivity index (χ4n) is 5.04. The summed E-state index contributed by atoms with van der Waals surface area (Å²) in [7, 11) is 0. The second kappa shape index (κ2) is 16.0. The Kier molecular flexibility index (Phi) is 13.4. The summed E-state index contributed by atoms with van der Waals surface area (Å²) in [5.41, 5.74) is -0.456. The molecule has 9 nitrogen and oxygen atoms in total. The maximum Gasteiger partial charge on any atom is 0.286 e. The van der Waals surface area contributed by atoms with E-state index in [1.807, 2.05) is 19.9 Å². The summed E-state index contributed by atoms with van der Waals surface area (Å²) in [6.07, 6.45) is 4.96. The highest BCUT2D eigenvalue weighted by Crippen LogP contribution is 2.35. The van der Waals surface area contributed by atoms with E-state index >= 15 is 0 Å². The molecule has 0 aliphatic heterocycles. The van der Waals surface area contributed by atoms with Gasteiger partial charge in [0.25, 0.3) is 17.0 Å². The van der Waals surface area contributed by atoms with Crippen molar-refractivity contribution in [2.45, 2.75) is 83.1 Å². The normalized spacial score (nSPS) is 15.4. The molecule has 1 aromatic carbocycles. The molecule has 1 unspecified atom stereocenters. The summed E-state index contributed by atoms with van der Waals surface area (Å²) >= 11 is 1.42. The lowest BCUT2D eigenvalue weighted by molar-refractivity contribution is -0.129. The quantitative estimate of drug-likeness (QED) is 0.135. The van der Waals surface area contributed by atoms with Crippen LogP contribution in [-0.4, -0.2) is 75.2 Å². The van der Waals surface area contributed by atoms with Crippen molar-refractivity contribution in [1.82, 2.24) is 25.3 Å². The van der Waals surface area contributed by atoms with Crippen LogP contribution in [-0.2, 0) is 4.79 Å². The molecule has 0 bridgehead atoms. The molecule has 1 saturated carbocycles. The number of hydrogen-bond donors (Lipinski definition) is 1. The highest BCUT2D eigenvalue weighted by molar-refractivity contribution is 7.99. The lowest BCUT2D eigenvalue weighted by atomic mass is 9.84. The van der Waals surface area contributed by atoms with Crippen LogP contribution in [0, 0.1) is 5.92 Å². The number of aromatic nitrogens is 2. The molecular weight excluding hydrogens is 538 g/mol. The minimum Gasteiger partial charge on any atom is -0.408 e. The third kappa shape index (κ3) is 8.78. The molecule has 3 rings (SSSR count). The number of ketones is 1. The molecule has 1 atom stereocenters. The van der Waals surface area contributed by atoms with E-state index in [9.17, 15) is 14.4 Å². The van der Waals surface area contributed by atoms with Crippen LogP contribution in [0.3, 0.4) is 0 Å². The van der Waals surface area contributed by atoms with Crippen molar-refractivity contribution < 1.29 is 18.8 Å². The van der Waals surface area contributed by atoms with Gasteiger partial charge in [-0.1, -0.05) is 64.1 Å². The topological polar surface area (TPSA) is 109 Å². The highest BCUT2D eigenvalue weighted by Gasteiger charge is 2.45. The molecule has 1 N–H and O–H groups in total. The van der Waals surface area contributed by atoms with Crippen molar-refractivity contribution in [3.8, 4) is 0 Å². The van der Waals surface area contributed by atoms with E-state index in [4.69, 9.17) is 4.42 Å². The Bertz CT molecular complexity index is 1040. The van der Waals surface area contributed by atoms with E-state index in [2.05, 4.69) is 34.3 Å². The number of amides is 2. The van der Waals surface area contributed by atoms with E-state index in [1.54, 1.807) is 24.3 Å². The largest absolute Gasteiger partial charge is 0.408 e. The first-order valence-corrected chi connectivity index (χ1v) is 14.7. The van der Waals surface area contributed by atoms with Crippen LogP contribution in [0.1, 0.15) is 87.3 Å². The van der Waals surface area contributed by atoms with Crippen LogP contribution >= 0.6 is 24.2 Å². The highest BCUT2D eigenvalue weighted by atomic mass is 35.5. The minimum absolute atomic E-state index is 0. The van der Waals surface area contributed by atoms with Gasteiger partial charge in [0.2, 0.25) is 12.2 Å². The van der Waals surface area contributed by atoms with Crippen molar-refractivity contribution in [1.29, 1.82) is 0 Å². The number of benzene rings is 1. The molecule has 0 saturated heterocycles. The van der Waals surface area contributed by atoms with E-state index in [-0.39, 0.29) is 30.1 Å². The summed E-state index contributed by atoms with van der Waals surface area (Å²) in [6, 6.07) is 8.10. The molecule has 11 heteroatoms. The molecule has 1 fully saturated rings. The van der Waals surface area contributed by atoms with Crippen LogP contribution in [0.4, 0.5) is 0 Å². The van der Waals surface area contributed by atoms with Gasteiger partial charge in [0.15, 0.2) is 0 Å². The Labute approximate surface area is 242 Å². The van der Waals surface area contributed by atoms with Gasteiger partial charge in [-0.15, -0.1) is 22.6 Å². The van der Waals surface area contributed by atoms with Gasteiger partial charge in [0.05, 0.1) is 0 Å². The molecule has 216 valence electrons. The van der Waals surface area contributed by atoms with Gasteiger partial charge < -0.3 is 19.5 Å². The molecule has 0 spiro atoms. The van der Waals surface area contributed by atoms with Gasteiger partial charge in [-0.25, -0.2) is 0 Å². The standard InChI is InChI=1S/C28H41N5O4S.ClH/c1-5-32(6-2)17-18-38-27-31-30-26(37-27)24(35)23(19-21(3)4)33(20-34)28(15-11-8-12-16-28)29-25(36)22-13-9-7-10-14-22;/h7,9-10,13-14,20-21,23H,5-6,8,11-12,15-19H2,1-4H3,(H,29,36);1H. The van der Waals surface area contributed by atoms with Gasteiger partial charge in [-0.2, -0.15) is 0 Å². The van der Waals surface area contributed by atoms with Gasteiger partial charge in [0.1, 0.15) is 11.7 Å². The fraction of sp³-hybridized carbons (Fsp3) is 0.607. The summed E-state index contributed by atoms with van der Waals surface area (Å²) < 4.78 is 5.77. The zero-order valence-corrected chi connectivity index (χ0v) is 25.1. The second-order valence-corrected chi connectivity index (χ2v) is 11.2. The first-order chi connectivity index (χ1) is 18.3. The van der Waals surface area contributed by atoms with Gasteiger partial charge in [-0.05, 0) is 63.2 Å². The van der Waals surface area contributed by atoms with Crippen molar-refractivity contribution in [2.75, 3.05) is 25.4 Å². The number of nitrogens with zero attached hydrogens (tertiary/aromatic N) is 4. The third-order valence-electron chi connectivity index (χ3n) is 7.15. The summed E-state index contributed by atoms with van der Waals surface area (Å²) in [6.45, 7) is 11.0. The minimum atomic E-state index is -0.969. The van der Waals surface area contributed by atoms with E-state index in [0.717, 1.165) is 44.6 Å². The molecule has 1 aromatic heterocycles. The zero-order valence-electron chi connectivity index (χ0n) is 23.4. The number of thioether (sulfide) groups is 1. The van der Waals surface area contributed by atoms with Crippen LogP contribution in [0.25, 0.3) is 0 Å². The lowest BCUT2D eigenvalue weighted by Crippen LogP contribution is -2.65. The predicted molar refractivity (Wildman–Crippen MR) is 155 cm³/mol. The summed E-state index contributed by atoms with van der Waals surface area (Å²) in [5, 5.41) is 11.6. The fourth-order valence-corrected chi connectivity index (χ4v) is 5.80. The number of hydrogen-bond acceptors (Lipinski definition) is 8. The number of nitrogens with one attached hydrogen (secondary N) is 1. The number of rotatable bonds is 15. The Morgan fingerprint density at radius 2 is 1.77 bits per heavy atom. The molecule has 0 radical (unpaired) electrons. The van der Waals surface area contributed by atoms with Crippen molar-refractivity contribution in [3.05, 3.63) is 41.8 Å². The second-order valence-electron chi connectivity index (χ2n) is 10.2. The summed E-state index contributed by atoms with van der Waals surface area (Å²) in [5.74, 6) is 0.116. The predicted octanol–water partition coefficient (Wildman–Crippen LogP) is 5.07. The van der Waals surface area contributed by atoms with Crippen LogP contribution in [0.2, 0.25) is 0 Å². The number of carbonyl (C=O) groups is 3. The Morgan fingerprint density at radius 3 is 2.36 bits per heavy atom.